The summed E-state index contributed by atoms with van der Waals surface area (Å²) in [6.45, 7) is 0. The Bertz CT molecular complexity index is 535. The smallest absolute Gasteiger partial charge is 0.409 e. The molecular formula is C7H6BrN2O4S+. The molecule has 0 fully saturated rings. The molecule has 1 rings (SSSR count). The van der Waals surface area contributed by atoms with Crippen LogP contribution in [-0.4, -0.2) is 20.1 Å². The molecule has 6 nitrogen and oxygen atoms in total. The van der Waals surface area contributed by atoms with Crippen molar-refractivity contribution in [3.63, 3.8) is 0 Å². The van der Waals surface area contributed by atoms with E-state index in [1.165, 1.54) is 13.2 Å². The molecule has 0 aliphatic carbocycles. The van der Waals surface area contributed by atoms with Gasteiger partial charge < -0.3 is 4.74 Å². The Morgan fingerprint density at radius 1 is 1.53 bits per heavy atom. The molecule has 0 aliphatic heterocycles. The first-order valence-corrected chi connectivity index (χ1v) is 5.83. The van der Waals surface area contributed by atoms with Gasteiger partial charge in [0.2, 0.25) is 5.39 Å². The van der Waals surface area contributed by atoms with Crippen molar-refractivity contribution in [3.05, 3.63) is 21.6 Å². The highest BCUT2D eigenvalue weighted by atomic mass is 79.9. The van der Waals surface area contributed by atoms with E-state index in [1.54, 1.807) is 0 Å². The first-order valence-electron chi connectivity index (χ1n) is 3.60. The van der Waals surface area contributed by atoms with Crippen LogP contribution >= 0.6 is 15.9 Å². The predicted molar refractivity (Wildman–Crippen MR) is 55.3 cm³/mol. The molecule has 0 saturated heterocycles. The molecule has 0 unspecified atom stereocenters. The van der Waals surface area contributed by atoms with E-state index >= 15 is 0 Å². The van der Waals surface area contributed by atoms with E-state index in [2.05, 4.69) is 20.9 Å². The van der Waals surface area contributed by atoms with Crippen molar-refractivity contribution in [2.45, 2.75) is 4.90 Å². The van der Waals surface area contributed by atoms with E-state index in [4.69, 9.17) is 14.7 Å². The minimum Gasteiger partial charge on any atom is -0.495 e. The molecule has 0 aromatic heterocycles. The molecule has 1 aromatic carbocycles. The van der Waals surface area contributed by atoms with Gasteiger partial charge in [0, 0.05) is 0 Å². The molecule has 0 heterocycles. The second kappa shape index (κ2) is 4.14. The predicted octanol–water partition coefficient (Wildman–Crippen LogP) is 2.19. The summed E-state index contributed by atoms with van der Waals surface area (Å²) < 4.78 is 35.8. The molecule has 80 valence electrons. The van der Waals surface area contributed by atoms with Crippen LogP contribution in [0.5, 0.6) is 5.75 Å². The summed E-state index contributed by atoms with van der Waals surface area (Å²) in [7, 11) is -3.06. The van der Waals surface area contributed by atoms with Crippen molar-refractivity contribution < 1.29 is 17.7 Å². The zero-order valence-electron chi connectivity index (χ0n) is 7.51. The molecule has 1 aromatic rings. The van der Waals surface area contributed by atoms with Crippen molar-refractivity contribution in [2.75, 3.05) is 7.11 Å². The number of benzene rings is 1. The number of ether oxygens (including phenoxy) is 1. The summed E-state index contributed by atoms with van der Waals surface area (Å²) in [5, 5.41) is 8.57. The zero-order chi connectivity index (χ0) is 11.6. The first kappa shape index (κ1) is 11.9. The Hall–Kier alpha value is -1.17. The lowest BCUT2D eigenvalue weighted by molar-refractivity contribution is 0.412. The lowest BCUT2D eigenvalue weighted by Crippen LogP contribution is -1.99. The average molecular weight is 294 g/mol. The van der Waals surface area contributed by atoms with Gasteiger partial charge >= 0.3 is 15.8 Å². The third-order valence-corrected chi connectivity index (χ3v) is 3.12. The molecule has 0 amide bonds. The third kappa shape index (κ3) is 2.44. The molecule has 8 heteroatoms. The summed E-state index contributed by atoms with van der Waals surface area (Å²) in [5.74, 6) is 0.287. The average Bonchev–Trinajstić information content (AvgIpc) is 2.16. The molecule has 1 N–H and O–H groups in total. The van der Waals surface area contributed by atoms with Crippen LogP contribution in [0.2, 0.25) is 0 Å². The molecule has 0 radical (unpaired) electrons. The number of halogens is 1. The van der Waals surface area contributed by atoms with Crippen LogP contribution in [0.15, 0.2) is 21.5 Å². The summed E-state index contributed by atoms with van der Waals surface area (Å²) in [6, 6.07) is 2.26. The van der Waals surface area contributed by atoms with Gasteiger partial charge in [0.05, 0.1) is 17.6 Å². The first-order chi connectivity index (χ1) is 6.90. The van der Waals surface area contributed by atoms with E-state index in [-0.39, 0.29) is 11.4 Å². The Kier molecular flexibility index (Phi) is 3.28. The van der Waals surface area contributed by atoms with E-state index in [9.17, 15) is 8.42 Å². The maximum absolute atomic E-state index is 10.9. The number of methoxy groups -OCH3 is 1. The van der Waals surface area contributed by atoms with E-state index in [0.29, 0.717) is 4.47 Å². The molecule has 0 aliphatic rings. The zero-order valence-corrected chi connectivity index (χ0v) is 9.91. The number of nitrogens with zero attached hydrogens (tertiary/aromatic N) is 2. The fourth-order valence-corrected chi connectivity index (χ4v) is 2.25. The van der Waals surface area contributed by atoms with E-state index < -0.39 is 15.0 Å². The van der Waals surface area contributed by atoms with Gasteiger partial charge in [0.1, 0.15) is 5.75 Å². The lowest BCUT2D eigenvalue weighted by Gasteiger charge is -2.01. The van der Waals surface area contributed by atoms with E-state index in [0.717, 1.165) is 6.07 Å². The van der Waals surface area contributed by atoms with Crippen molar-refractivity contribution in [3.8, 4) is 5.75 Å². The van der Waals surface area contributed by atoms with Crippen LogP contribution in [0.4, 0.5) is 5.69 Å². The van der Waals surface area contributed by atoms with Gasteiger partial charge in [0.25, 0.3) is 0 Å². The number of hydrogen-bond donors (Lipinski definition) is 1. The Labute approximate surface area is 94.4 Å². The van der Waals surface area contributed by atoms with Gasteiger partial charge in [-0.05, 0) is 22.0 Å². The monoisotopic (exact) mass is 293 g/mol. The quantitative estimate of drug-likeness (QED) is 0.666. The summed E-state index contributed by atoms with van der Waals surface area (Å²) in [5.41, 5.74) is -0.294. The Morgan fingerprint density at radius 2 is 2.13 bits per heavy atom. The maximum Gasteiger partial charge on any atom is 0.409 e. The van der Waals surface area contributed by atoms with Gasteiger partial charge in [-0.2, -0.15) is 8.42 Å². The van der Waals surface area contributed by atoms with Gasteiger partial charge in [-0.3, -0.25) is 4.55 Å². The van der Waals surface area contributed by atoms with Crippen LogP contribution in [-0.2, 0) is 10.1 Å². The topological polar surface area (TPSA) is 91.8 Å². The highest BCUT2D eigenvalue weighted by Gasteiger charge is 2.27. The molecule has 0 atom stereocenters. The minimum atomic E-state index is -4.43. The second-order valence-corrected chi connectivity index (χ2v) is 4.77. The Balaban J connectivity index is 3.57. The highest BCUT2D eigenvalue weighted by molar-refractivity contribution is 9.10. The maximum atomic E-state index is 10.9. The van der Waals surface area contributed by atoms with Gasteiger partial charge in [-0.1, -0.05) is 0 Å². The number of hydrogen-bond acceptors (Lipinski definition) is 4. The van der Waals surface area contributed by atoms with Crippen molar-refractivity contribution in [1.82, 2.24) is 0 Å². The lowest BCUT2D eigenvalue weighted by atomic mass is 10.3. The normalized spacial score (nSPS) is 10.8. The van der Waals surface area contributed by atoms with Crippen LogP contribution in [0.25, 0.3) is 4.98 Å². The Morgan fingerprint density at radius 3 is 2.53 bits per heavy atom. The molecule has 0 saturated carbocycles. The van der Waals surface area contributed by atoms with Crippen molar-refractivity contribution in [1.29, 1.82) is 5.39 Å². The summed E-state index contributed by atoms with van der Waals surface area (Å²) >= 11 is 3.04. The number of diazo groups is 1. The molecular weight excluding hydrogens is 288 g/mol. The standard InChI is InChI=1S/C7H5BrN2O4S/c1-14-6-3-5(10-9)7(2-4(6)8)15(11,12)13/h2-3H,1H3/p+1. The van der Waals surface area contributed by atoms with Crippen LogP contribution in [0.3, 0.4) is 0 Å². The fourth-order valence-electron chi connectivity index (χ4n) is 0.966. The fraction of sp³-hybridized carbons (Fsp3) is 0.143. The molecule has 0 bridgehead atoms. The SMILES string of the molecule is COc1cc([N+]#N)c(S(=O)(=O)O)cc1Br. The summed E-state index contributed by atoms with van der Waals surface area (Å²) in [6.07, 6.45) is 0. The molecule has 15 heavy (non-hydrogen) atoms. The second-order valence-electron chi connectivity index (χ2n) is 2.53. The number of rotatable bonds is 2. The van der Waals surface area contributed by atoms with Gasteiger partial charge in [0.15, 0.2) is 9.87 Å². The molecule has 0 spiro atoms. The van der Waals surface area contributed by atoms with Crippen molar-refractivity contribution >= 4 is 31.7 Å². The van der Waals surface area contributed by atoms with E-state index in [1.807, 2.05) is 0 Å². The third-order valence-electron chi connectivity index (χ3n) is 1.62. The summed E-state index contributed by atoms with van der Waals surface area (Å²) in [4.78, 5) is 2.24. The van der Waals surface area contributed by atoms with Crippen LogP contribution in [0, 0.1) is 5.39 Å². The van der Waals surface area contributed by atoms with Crippen molar-refractivity contribution in [2.24, 2.45) is 0 Å². The van der Waals surface area contributed by atoms with Crippen LogP contribution in [0.1, 0.15) is 0 Å². The largest absolute Gasteiger partial charge is 0.495 e. The van der Waals surface area contributed by atoms with Crippen LogP contribution < -0.4 is 4.74 Å². The van der Waals surface area contributed by atoms with Gasteiger partial charge in [-0.15, -0.1) is 0 Å². The highest BCUT2D eigenvalue weighted by Crippen LogP contribution is 2.35. The van der Waals surface area contributed by atoms with Gasteiger partial charge in [-0.25, -0.2) is 0 Å². The minimum absolute atomic E-state index is 0.287.